The van der Waals surface area contributed by atoms with Gasteiger partial charge in [0.15, 0.2) is 0 Å². The molecule has 2 aromatic carbocycles. The monoisotopic (exact) mass is 544 g/mol. The summed E-state index contributed by atoms with van der Waals surface area (Å²) in [5.41, 5.74) is 3.09. The minimum absolute atomic E-state index is 0. The molecular weight excluding hydrogens is 511 g/mol. The Hall–Kier alpha value is -2.52. The summed E-state index contributed by atoms with van der Waals surface area (Å²) in [7, 11) is 1.92. The Bertz CT molecular complexity index is 1080. The fraction of sp³-hybridized carbons (Fsp3) is 0.375. The van der Waals surface area contributed by atoms with E-state index < -0.39 is 0 Å². The van der Waals surface area contributed by atoms with Gasteiger partial charge in [0, 0.05) is 43.5 Å². The van der Waals surface area contributed by atoms with E-state index in [4.69, 9.17) is 4.98 Å². The molecule has 0 bridgehead atoms. The third-order valence-corrected chi connectivity index (χ3v) is 5.14. The van der Waals surface area contributed by atoms with E-state index in [2.05, 4.69) is 26.6 Å². The van der Waals surface area contributed by atoms with Crippen LogP contribution >= 0.6 is 37.2 Å². The van der Waals surface area contributed by atoms with Crippen LogP contribution in [0, 0.1) is 0 Å². The van der Waals surface area contributed by atoms with Gasteiger partial charge in [0.2, 0.25) is 0 Å². The van der Waals surface area contributed by atoms with E-state index in [1.54, 1.807) is 0 Å². The number of halogens is 3. The maximum Gasteiger partial charge on any atom is 0.314 e. The van der Waals surface area contributed by atoms with E-state index in [-0.39, 0.29) is 49.2 Å². The van der Waals surface area contributed by atoms with Gasteiger partial charge in [-0.25, -0.2) is 9.78 Å². The number of fused-ring (bicyclic) bond motifs is 2. The number of nitrogens with zero attached hydrogens (tertiary/aromatic N) is 1. The second-order valence-electron chi connectivity index (χ2n) is 7.49. The number of nitrogens with one attached hydrogen (secondary N) is 5. The number of benzene rings is 2. The highest BCUT2D eigenvalue weighted by Gasteiger charge is 2.15. The van der Waals surface area contributed by atoms with Gasteiger partial charge in [0.1, 0.15) is 0 Å². The number of anilines is 1. The number of aromatic nitrogens is 1. The van der Waals surface area contributed by atoms with Crippen molar-refractivity contribution < 1.29 is 9.59 Å². The topological polar surface area (TPSA) is 107 Å². The maximum absolute atomic E-state index is 12.9. The van der Waals surface area contributed by atoms with Crippen LogP contribution in [0.2, 0.25) is 0 Å². The first-order chi connectivity index (χ1) is 15.7. The lowest BCUT2D eigenvalue weighted by atomic mass is 10.0. The largest absolute Gasteiger partial charge is 0.383 e. The molecule has 0 unspecified atom stereocenters. The van der Waals surface area contributed by atoms with Crippen molar-refractivity contribution in [1.29, 1.82) is 0 Å². The quantitative estimate of drug-likeness (QED) is 0.184. The fourth-order valence-corrected chi connectivity index (χ4v) is 3.57. The van der Waals surface area contributed by atoms with Gasteiger partial charge in [0.25, 0.3) is 5.91 Å². The van der Waals surface area contributed by atoms with Crippen molar-refractivity contribution in [3.05, 3.63) is 48.0 Å². The van der Waals surface area contributed by atoms with Gasteiger partial charge in [-0.05, 0) is 38.9 Å². The van der Waals surface area contributed by atoms with Crippen molar-refractivity contribution in [3.63, 3.8) is 0 Å². The average Bonchev–Trinajstić information content (AvgIpc) is 2.80. The summed E-state index contributed by atoms with van der Waals surface area (Å²) in [4.78, 5) is 29.1. The maximum atomic E-state index is 12.9. The molecule has 0 atom stereocenters. The lowest BCUT2D eigenvalue weighted by molar-refractivity contribution is 0.0954. The summed E-state index contributed by atoms with van der Waals surface area (Å²) < 4.78 is 0. The number of rotatable bonds is 11. The van der Waals surface area contributed by atoms with Crippen LogP contribution in [0.15, 0.2) is 42.5 Å². The Morgan fingerprint density at radius 1 is 0.800 bits per heavy atom. The number of unbranched alkanes of at least 4 members (excludes halogenated alkanes) is 1. The van der Waals surface area contributed by atoms with E-state index in [0.717, 1.165) is 47.9 Å². The van der Waals surface area contributed by atoms with E-state index in [0.29, 0.717) is 30.7 Å². The number of hydrogen-bond donors (Lipinski definition) is 5. The van der Waals surface area contributed by atoms with Crippen LogP contribution in [0.25, 0.3) is 21.8 Å². The fourth-order valence-electron chi connectivity index (χ4n) is 3.57. The second kappa shape index (κ2) is 17.0. The Morgan fingerprint density at radius 2 is 1.49 bits per heavy atom. The first-order valence-corrected chi connectivity index (χ1v) is 11.2. The molecule has 0 spiro atoms. The zero-order valence-electron chi connectivity index (χ0n) is 20.0. The van der Waals surface area contributed by atoms with Crippen molar-refractivity contribution in [2.75, 3.05) is 45.1 Å². The van der Waals surface area contributed by atoms with Gasteiger partial charge >= 0.3 is 6.03 Å². The molecule has 0 fully saturated rings. The normalized spacial score (nSPS) is 9.89. The summed E-state index contributed by atoms with van der Waals surface area (Å²) >= 11 is 0. The molecule has 0 saturated heterocycles. The minimum Gasteiger partial charge on any atom is -0.383 e. The van der Waals surface area contributed by atoms with Gasteiger partial charge in [-0.3, -0.25) is 4.79 Å². The number of hydrogen-bond acceptors (Lipinski definition) is 5. The van der Waals surface area contributed by atoms with Gasteiger partial charge < -0.3 is 26.6 Å². The van der Waals surface area contributed by atoms with Crippen molar-refractivity contribution in [3.8, 4) is 0 Å². The highest BCUT2D eigenvalue weighted by molar-refractivity contribution is 6.14. The van der Waals surface area contributed by atoms with E-state index in [9.17, 15) is 9.59 Å². The molecule has 3 aromatic rings. The second-order valence-corrected chi connectivity index (χ2v) is 7.49. The average molecular weight is 546 g/mol. The molecule has 8 nitrogen and oxygen atoms in total. The van der Waals surface area contributed by atoms with Crippen LogP contribution in [-0.2, 0) is 0 Å². The van der Waals surface area contributed by atoms with Crippen molar-refractivity contribution in [1.82, 2.24) is 26.3 Å². The summed E-state index contributed by atoms with van der Waals surface area (Å²) in [6.07, 6.45) is 1.56. The molecule has 5 N–H and O–H groups in total. The summed E-state index contributed by atoms with van der Waals surface area (Å²) in [5, 5.41) is 17.1. The van der Waals surface area contributed by atoms with E-state index in [1.807, 2.05) is 56.4 Å². The van der Waals surface area contributed by atoms with E-state index >= 15 is 0 Å². The van der Waals surface area contributed by atoms with Crippen LogP contribution in [0.1, 0.15) is 30.1 Å². The first kappa shape index (κ1) is 32.5. The molecule has 194 valence electrons. The minimum atomic E-state index is -0.162. The van der Waals surface area contributed by atoms with Gasteiger partial charge in [-0.15, -0.1) is 37.2 Å². The Balaban J connectivity index is 0.00000385. The van der Waals surface area contributed by atoms with Gasteiger partial charge in [-0.1, -0.05) is 30.3 Å². The first-order valence-electron chi connectivity index (χ1n) is 11.2. The predicted octanol–water partition coefficient (Wildman–Crippen LogP) is 4.11. The molecule has 3 rings (SSSR count). The van der Waals surface area contributed by atoms with Crippen LogP contribution < -0.4 is 26.6 Å². The molecule has 0 radical (unpaired) electrons. The molecule has 0 saturated carbocycles. The molecule has 0 aliphatic rings. The van der Waals surface area contributed by atoms with Crippen molar-refractivity contribution in [2.24, 2.45) is 0 Å². The smallest absolute Gasteiger partial charge is 0.314 e. The molecule has 35 heavy (non-hydrogen) atoms. The Kier molecular flexibility index (Phi) is 15.8. The summed E-state index contributed by atoms with van der Waals surface area (Å²) in [5.74, 6) is -0.142. The van der Waals surface area contributed by atoms with Crippen LogP contribution in [0.3, 0.4) is 0 Å². The summed E-state index contributed by atoms with van der Waals surface area (Å²) in [6, 6.07) is 13.5. The van der Waals surface area contributed by atoms with Gasteiger partial charge in [0.05, 0.1) is 22.3 Å². The van der Waals surface area contributed by atoms with Crippen LogP contribution in [0.4, 0.5) is 10.5 Å². The highest BCUT2D eigenvalue weighted by Crippen LogP contribution is 2.32. The Labute approximate surface area is 225 Å². The molecule has 3 amide bonds. The summed E-state index contributed by atoms with van der Waals surface area (Å²) in [6.45, 7) is 5.18. The number of likely N-dealkylation sites (N-methyl/N-ethyl adjacent to an activating group) is 1. The number of pyridine rings is 1. The molecule has 0 aliphatic carbocycles. The van der Waals surface area contributed by atoms with Crippen LogP contribution in [-0.4, -0.2) is 56.7 Å². The molecule has 11 heteroatoms. The van der Waals surface area contributed by atoms with Crippen LogP contribution in [0.5, 0.6) is 0 Å². The molecule has 1 heterocycles. The standard InChI is InChI=1S/C24H32N6O2.3ClH/c1-3-26-24(32)29-14-7-6-13-28-23(31)19-11-8-10-18-21(27-16-15-25-2)17-9-4-5-12-20(17)30-22(18)19;;;/h4-5,8-12,25H,3,6-7,13-16H2,1-2H3,(H,27,30)(H,28,31)(H2,26,29,32);3*1H. The third kappa shape index (κ3) is 8.89. The SMILES string of the molecule is CCNC(=O)NCCCCNC(=O)c1cccc2c(NCCNC)c3ccccc3nc12.Cl.Cl.Cl. The van der Waals surface area contributed by atoms with E-state index in [1.165, 1.54) is 0 Å². The zero-order valence-corrected chi connectivity index (χ0v) is 22.4. The van der Waals surface area contributed by atoms with Crippen molar-refractivity contribution >= 4 is 76.7 Å². The number of carbonyl (C=O) groups is 2. The molecular formula is C24H35Cl3N6O2. The number of para-hydroxylation sites is 2. The number of amides is 3. The highest BCUT2D eigenvalue weighted by atomic mass is 35.5. The van der Waals surface area contributed by atoms with Crippen molar-refractivity contribution in [2.45, 2.75) is 19.8 Å². The predicted molar refractivity (Wildman–Crippen MR) is 152 cm³/mol. The number of carbonyl (C=O) groups excluding carboxylic acids is 2. The Morgan fingerprint density at radius 3 is 2.20 bits per heavy atom. The number of urea groups is 1. The van der Waals surface area contributed by atoms with Gasteiger partial charge in [-0.2, -0.15) is 0 Å². The molecule has 1 aromatic heterocycles. The third-order valence-electron chi connectivity index (χ3n) is 5.14. The zero-order chi connectivity index (χ0) is 22.8. The molecule has 0 aliphatic heterocycles. The lowest BCUT2D eigenvalue weighted by Gasteiger charge is -2.15. The lowest BCUT2D eigenvalue weighted by Crippen LogP contribution is -2.36.